The summed E-state index contributed by atoms with van der Waals surface area (Å²) in [5.74, 6) is -1.43. The Hall–Kier alpha value is -1.01. The Labute approximate surface area is 111 Å². The van der Waals surface area contributed by atoms with E-state index < -0.39 is 32.8 Å². The predicted octanol–water partition coefficient (Wildman–Crippen LogP) is 2.27. The highest BCUT2D eigenvalue weighted by atomic mass is 32.2. The molecule has 0 spiro atoms. The number of aliphatic hydroxyl groups is 1. The summed E-state index contributed by atoms with van der Waals surface area (Å²) in [6.45, 7) is 1.41. The van der Waals surface area contributed by atoms with E-state index in [1.54, 1.807) is 0 Å². The average Bonchev–Trinajstić information content (AvgIpc) is 2.32. The van der Waals surface area contributed by atoms with Gasteiger partial charge in [-0.25, -0.2) is 17.2 Å². The summed E-state index contributed by atoms with van der Waals surface area (Å²) in [5, 5.41) is 9.05. The largest absolute Gasteiger partial charge is 0.387 e. The molecule has 2 unspecified atom stereocenters. The first-order valence-electron chi connectivity index (χ1n) is 6.18. The van der Waals surface area contributed by atoms with E-state index in [-0.39, 0.29) is 23.3 Å². The van der Waals surface area contributed by atoms with Crippen LogP contribution < -0.4 is 0 Å². The quantitative estimate of drug-likeness (QED) is 0.909. The molecule has 6 heteroatoms. The van der Waals surface area contributed by atoms with Gasteiger partial charge in [0.1, 0.15) is 11.6 Å². The van der Waals surface area contributed by atoms with Crippen LogP contribution in [0.1, 0.15) is 36.5 Å². The van der Waals surface area contributed by atoms with Crippen molar-refractivity contribution < 1.29 is 22.3 Å². The Morgan fingerprint density at radius 1 is 1.26 bits per heavy atom. The maximum atomic E-state index is 13.8. The zero-order chi connectivity index (χ0) is 14.2. The molecular weight excluding hydrogens is 274 g/mol. The molecular formula is C13H16F2O3S. The van der Waals surface area contributed by atoms with Crippen LogP contribution in [0, 0.1) is 18.6 Å². The number of hydrogen-bond donors (Lipinski definition) is 1. The lowest BCUT2D eigenvalue weighted by Gasteiger charge is -2.27. The van der Waals surface area contributed by atoms with E-state index in [1.165, 1.54) is 6.92 Å². The van der Waals surface area contributed by atoms with Crippen molar-refractivity contribution in [3.8, 4) is 0 Å². The molecule has 3 nitrogen and oxygen atoms in total. The van der Waals surface area contributed by atoms with E-state index in [2.05, 4.69) is 0 Å². The highest BCUT2D eigenvalue weighted by molar-refractivity contribution is 7.92. The van der Waals surface area contributed by atoms with Crippen LogP contribution in [0.5, 0.6) is 0 Å². The van der Waals surface area contributed by atoms with Gasteiger partial charge >= 0.3 is 0 Å². The van der Waals surface area contributed by atoms with Gasteiger partial charge in [-0.2, -0.15) is 0 Å². The molecule has 0 amide bonds. The summed E-state index contributed by atoms with van der Waals surface area (Å²) < 4.78 is 51.0. The fraction of sp³-hybridized carbons (Fsp3) is 0.538. The van der Waals surface area contributed by atoms with Crippen molar-refractivity contribution in [2.24, 2.45) is 0 Å². The van der Waals surface area contributed by atoms with Crippen molar-refractivity contribution in [1.82, 2.24) is 0 Å². The number of hydrogen-bond acceptors (Lipinski definition) is 3. The van der Waals surface area contributed by atoms with E-state index in [1.807, 2.05) is 0 Å². The average molecular weight is 290 g/mol. The number of aryl methyl sites for hydroxylation is 1. The lowest BCUT2D eigenvalue weighted by Crippen LogP contribution is -2.34. The van der Waals surface area contributed by atoms with Gasteiger partial charge in [0.2, 0.25) is 0 Å². The van der Waals surface area contributed by atoms with Gasteiger partial charge in [0, 0.05) is 5.56 Å². The first-order chi connectivity index (χ1) is 8.83. The second-order valence-corrected chi connectivity index (χ2v) is 7.31. The molecule has 1 aromatic carbocycles. The number of sulfone groups is 1. The Bertz CT molecular complexity index is 584. The van der Waals surface area contributed by atoms with Gasteiger partial charge in [-0.05, 0) is 37.5 Å². The second kappa shape index (κ2) is 5.17. The minimum absolute atomic E-state index is 0.00924. The van der Waals surface area contributed by atoms with Crippen LogP contribution >= 0.6 is 0 Å². The van der Waals surface area contributed by atoms with Gasteiger partial charge < -0.3 is 5.11 Å². The molecule has 0 aromatic heterocycles. The molecule has 0 saturated carbocycles. The smallest absolute Gasteiger partial charge is 0.156 e. The van der Waals surface area contributed by atoms with Crippen LogP contribution in [-0.4, -0.2) is 24.5 Å². The standard InChI is InChI=1S/C13H16F2O3S/c1-8-6-11(15)9(7-10(8)14)13(16)12-4-2-3-5-19(12,17)18/h6-7,12-13,16H,2-5H2,1H3. The maximum Gasteiger partial charge on any atom is 0.156 e. The van der Waals surface area contributed by atoms with Gasteiger partial charge in [0.15, 0.2) is 9.84 Å². The fourth-order valence-corrected chi connectivity index (χ4v) is 4.40. The lowest BCUT2D eigenvalue weighted by molar-refractivity contribution is 0.159. The van der Waals surface area contributed by atoms with Crippen molar-refractivity contribution >= 4 is 9.84 Å². The summed E-state index contributed by atoms with van der Waals surface area (Å²) in [4.78, 5) is 0. The zero-order valence-electron chi connectivity index (χ0n) is 10.6. The summed E-state index contributed by atoms with van der Waals surface area (Å²) in [6, 6.07) is 1.86. The molecule has 1 saturated heterocycles. The van der Waals surface area contributed by atoms with Crippen LogP contribution in [0.15, 0.2) is 12.1 Å². The number of rotatable bonds is 2. The first-order valence-corrected chi connectivity index (χ1v) is 7.89. The predicted molar refractivity (Wildman–Crippen MR) is 67.5 cm³/mol. The minimum Gasteiger partial charge on any atom is -0.387 e. The molecule has 0 aliphatic carbocycles. The monoisotopic (exact) mass is 290 g/mol. The van der Waals surface area contributed by atoms with Crippen molar-refractivity contribution in [1.29, 1.82) is 0 Å². The van der Waals surface area contributed by atoms with Gasteiger partial charge in [-0.3, -0.25) is 0 Å². The van der Waals surface area contributed by atoms with Crippen molar-refractivity contribution in [2.75, 3.05) is 5.75 Å². The topological polar surface area (TPSA) is 54.4 Å². The molecule has 2 rings (SSSR count). The van der Waals surface area contributed by atoms with Crippen LogP contribution in [0.2, 0.25) is 0 Å². The van der Waals surface area contributed by atoms with E-state index in [9.17, 15) is 22.3 Å². The lowest BCUT2D eigenvalue weighted by atomic mass is 10.00. The highest BCUT2D eigenvalue weighted by Crippen LogP contribution is 2.32. The molecule has 0 bridgehead atoms. The van der Waals surface area contributed by atoms with Crippen LogP contribution in [0.25, 0.3) is 0 Å². The Morgan fingerprint density at radius 3 is 2.58 bits per heavy atom. The van der Waals surface area contributed by atoms with E-state index in [0.717, 1.165) is 12.1 Å². The fourth-order valence-electron chi connectivity index (χ4n) is 2.42. The normalized spacial score (nSPS) is 24.1. The molecule has 2 atom stereocenters. The summed E-state index contributed by atoms with van der Waals surface area (Å²) in [6.07, 6.45) is -0.0218. The van der Waals surface area contributed by atoms with E-state index in [0.29, 0.717) is 12.8 Å². The zero-order valence-corrected chi connectivity index (χ0v) is 11.4. The third-order valence-electron chi connectivity index (χ3n) is 3.58. The van der Waals surface area contributed by atoms with E-state index in [4.69, 9.17) is 0 Å². The van der Waals surface area contributed by atoms with Crippen LogP contribution in [0.4, 0.5) is 8.78 Å². The number of halogens is 2. The molecule has 1 heterocycles. The van der Waals surface area contributed by atoms with Crippen molar-refractivity contribution in [2.45, 2.75) is 37.5 Å². The third kappa shape index (κ3) is 2.79. The second-order valence-electron chi connectivity index (χ2n) is 4.97. The van der Waals surface area contributed by atoms with Crippen LogP contribution in [0.3, 0.4) is 0 Å². The Morgan fingerprint density at radius 2 is 1.95 bits per heavy atom. The maximum absolute atomic E-state index is 13.8. The summed E-state index contributed by atoms with van der Waals surface area (Å²) >= 11 is 0. The van der Waals surface area contributed by atoms with Crippen molar-refractivity contribution in [3.05, 3.63) is 34.9 Å². The third-order valence-corrected chi connectivity index (χ3v) is 5.85. The Kier molecular flexibility index (Phi) is 3.92. The summed E-state index contributed by atoms with van der Waals surface area (Å²) in [7, 11) is -3.45. The SMILES string of the molecule is Cc1cc(F)c(C(O)C2CCCCS2(=O)=O)cc1F. The molecule has 1 aromatic rings. The van der Waals surface area contributed by atoms with Gasteiger partial charge in [-0.1, -0.05) is 6.42 Å². The van der Waals surface area contributed by atoms with Crippen LogP contribution in [-0.2, 0) is 9.84 Å². The molecule has 1 aliphatic heterocycles. The molecule has 0 radical (unpaired) electrons. The van der Waals surface area contributed by atoms with Gasteiger partial charge in [-0.15, -0.1) is 0 Å². The first kappa shape index (κ1) is 14.4. The molecule has 106 valence electrons. The molecule has 1 fully saturated rings. The summed E-state index contributed by atoms with van der Waals surface area (Å²) in [5.41, 5.74) is -0.154. The van der Waals surface area contributed by atoms with E-state index >= 15 is 0 Å². The Balaban J connectivity index is 2.39. The highest BCUT2D eigenvalue weighted by Gasteiger charge is 2.36. The molecule has 1 N–H and O–H groups in total. The minimum atomic E-state index is -3.45. The van der Waals surface area contributed by atoms with Gasteiger partial charge in [0.05, 0.1) is 17.1 Å². The molecule has 1 aliphatic rings. The number of benzene rings is 1. The number of aliphatic hydroxyl groups excluding tert-OH is 1. The van der Waals surface area contributed by atoms with Gasteiger partial charge in [0.25, 0.3) is 0 Å². The molecule has 19 heavy (non-hydrogen) atoms. The van der Waals surface area contributed by atoms with Crippen molar-refractivity contribution in [3.63, 3.8) is 0 Å².